The number of rotatable bonds is 8. The molecule has 0 aliphatic rings. The average molecular weight is 319 g/mol. The van der Waals surface area contributed by atoms with Crippen LogP contribution in [0.2, 0.25) is 12.1 Å². The first kappa shape index (κ1) is 16.8. The van der Waals surface area contributed by atoms with E-state index in [0.29, 0.717) is 0 Å². The van der Waals surface area contributed by atoms with E-state index in [-0.39, 0.29) is 0 Å². The molecular formula is C8H22OS4Si2. The zero-order valence-electron chi connectivity index (χ0n) is 9.44. The Balaban J connectivity index is 4.74. The van der Waals surface area contributed by atoms with Crippen molar-refractivity contribution >= 4 is 67.1 Å². The van der Waals surface area contributed by atoms with Gasteiger partial charge in [-0.15, -0.1) is 0 Å². The lowest BCUT2D eigenvalue weighted by atomic mass is 11.0. The first-order valence-electron chi connectivity index (χ1n) is 5.21. The minimum Gasteiger partial charge on any atom is -0.453 e. The van der Waals surface area contributed by atoms with Gasteiger partial charge in [0.25, 0.3) is 0 Å². The fourth-order valence-corrected chi connectivity index (χ4v) is 15.6. The molecule has 7 heteroatoms. The standard InChI is InChI=1S/C8H22OS4Si2/c1-3-14(5-10,6-11)9-15(4-2,7-12)8-13/h10-13H,3-8H2,1-2H3. The number of hydrogen-bond acceptors (Lipinski definition) is 5. The Kier molecular flexibility index (Phi) is 8.95. The minimum absolute atomic E-state index is 0.851. The van der Waals surface area contributed by atoms with Gasteiger partial charge in [-0.05, 0) is 12.1 Å². The van der Waals surface area contributed by atoms with Crippen molar-refractivity contribution < 1.29 is 4.12 Å². The molecule has 0 saturated carbocycles. The Morgan fingerprint density at radius 2 is 1.00 bits per heavy atom. The molecule has 0 unspecified atom stereocenters. The van der Waals surface area contributed by atoms with Crippen LogP contribution in [0.3, 0.4) is 0 Å². The average Bonchev–Trinajstić information content (AvgIpc) is 2.33. The summed E-state index contributed by atoms with van der Waals surface area (Å²) in [5.41, 5.74) is 0. The van der Waals surface area contributed by atoms with E-state index in [0.717, 1.165) is 33.6 Å². The summed E-state index contributed by atoms with van der Waals surface area (Å²) in [7, 11) is -3.45. The van der Waals surface area contributed by atoms with Crippen molar-refractivity contribution in [2.24, 2.45) is 0 Å². The highest BCUT2D eigenvalue weighted by Gasteiger charge is 2.40. The lowest BCUT2D eigenvalue weighted by Gasteiger charge is -2.38. The molecule has 1 nitrogen and oxygen atoms in total. The molecule has 0 aromatic carbocycles. The molecular weight excluding hydrogens is 297 g/mol. The van der Waals surface area contributed by atoms with Crippen LogP contribution in [0.25, 0.3) is 0 Å². The van der Waals surface area contributed by atoms with Crippen LogP contribution in [-0.4, -0.2) is 38.1 Å². The highest BCUT2D eigenvalue weighted by atomic mass is 32.1. The molecule has 0 saturated heterocycles. The summed E-state index contributed by atoms with van der Waals surface area (Å²) >= 11 is 17.8. The maximum absolute atomic E-state index is 6.49. The summed E-state index contributed by atoms with van der Waals surface area (Å²) < 4.78 is 6.49. The van der Waals surface area contributed by atoms with Crippen LogP contribution < -0.4 is 0 Å². The summed E-state index contributed by atoms with van der Waals surface area (Å²) in [5, 5.41) is 3.40. The summed E-state index contributed by atoms with van der Waals surface area (Å²) in [6.45, 7) is 4.37. The summed E-state index contributed by atoms with van der Waals surface area (Å²) in [4.78, 5) is 0. The van der Waals surface area contributed by atoms with Gasteiger partial charge in [-0.3, -0.25) is 0 Å². The lowest BCUT2D eigenvalue weighted by Crippen LogP contribution is -2.57. The van der Waals surface area contributed by atoms with Crippen LogP contribution in [0.5, 0.6) is 0 Å². The summed E-state index contributed by atoms with van der Waals surface area (Å²) in [6.07, 6.45) is 0. The van der Waals surface area contributed by atoms with Crippen LogP contribution in [0.15, 0.2) is 0 Å². The second-order valence-electron chi connectivity index (χ2n) is 3.81. The third-order valence-electron chi connectivity index (χ3n) is 2.87. The SMILES string of the molecule is CC[Si](CS)(CS)O[Si](CC)(CS)CS. The highest BCUT2D eigenvalue weighted by molar-refractivity contribution is 7.86. The Hall–Kier alpha value is 1.79. The van der Waals surface area contributed by atoms with E-state index in [1.807, 2.05) is 0 Å². The van der Waals surface area contributed by atoms with E-state index >= 15 is 0 Å². The van der Waals surface area contributed by atoms with E-state index in [1.54, 1.807) is 0 Å². The van der Waals surface area contributed by atoms with Gasteiger partial charge in [-0.1, -0.05) is 13.8 Å². The van der Waals surface area contributed by atoms with E-state index in [9.17, 15) is 0 Å². The van der Waals surface area contributed by atoms with Crippen molar-refractivity contribution in [3.63, 3.8) is 0 Å². The molecule has 0 aromatic heterocycles. The van der Waals surface area contributed by atoms with Gasteiger partial charge in [0.15, 0.2) is 16.6 Å². The van der Waals surface area contributed by atoms with Gasteiger partial charge in [0.05, 0.1) is 0 Å². The smallest absolute Gasteiger partial charge is 0.198 e. The van der Waals surface area contributed by atoms with Crippen LogP contribution >= 0.6 is 50.5 Å². The Morgan fingerprint density at radius 3 is 1.13 bits per heavy atom. The first-order chi connectivity index (χ1) is 7.07. The van der Waals surface area contributed by atoms with Crippen LogP contribution in [-0.2, 0) is 4.12 Å². The molecule has 0 fully saturated rings. The van der Waals surface area contributed by atoms with Gasteiger partial charge in [-0.2, -0.15) is 50.5 Å². The number of thiol groups is 4. The molecule has 0 aliphatic carbocycles. The molecule has 0 aliphatic heterocycles. The fourth-order valence-electron chi connectivity index (χ4n) is 1.28. The summed E-state index contributed by atoms with van der Waals surface area (Å²) in [6, 6.07) is 2.16. The molecule has 0 radical (unpaired) electrons. The molecule has 15 heavy (non-hydrogen) atoms. The van der Waals surface area contributed by atoms with Gasteiger partial charge >= 0.3 is 0 Å². The molecule has 92 valence electrons. The topological polar surface area (TPSA) is 9.23 Å². The molecule has 0 amide bonds. The van der Waals surface area contributed by atoms with E-state index in [4.69, 9.17) is 4.12 Å². The van der Waals surface area contributed by atoms with Gasteiger partial charge in [0, 0.05) is 21.5 Å². The van der Waals surface area contributed by atoms with Crippen molar-refractivity contribution in [3.8, 4) is 0 Å². The quantitative estimate of drug-likeness (QED) is 0.398. The normalized spacial score (nSPS) is 13.2. The predicted molar refractivity (Wildman–Crippen MR) is 89.0 cm³/mol. The van der Waals surface area contributed by atoms with E-state index < -0.39 is 16.6 Å². The van der Waals surface area contributed by atoms with Crippen LogP contribution in [0.4, 0.5) is 0 Å². The Labute approximate surface area is 118 Å². The van der Waals surface area contributed by atoms with Gasteiger partial charge in [0.1, 0.15) is 0 Å². The third-order valence-corrected chi connectivity index (χ3v) is 18.1. The minimum atomic E-state index is -1.72. The molecule has 0 N–H and O–H groups in total. The highest BCUT2D eigenvalue weighted by Crippen LogP contribution is 2.25. The lowest BCUT2D eigenvalue weighted by molar-refractivity contribution is 0.538. The second-order valence-corrected chi connectivity index (χ2v) is 15.8. The van der Waals surface area contributed by atoms with Crippen LogP contribution in [0.1, 0.15) is 13.8 Å². The largest absolute Gasteiger partial charge is 0.453 e. The molecule has 0 heterocycles. The molecule has 0 atom stereocenters. The van der Waals surface area contributed by atoms with Crippen molar-refractivity contribution in [2.45, 2.75) is 25.9 Å². The molecule has 0 bridgehead atoms. The van der Waals surface area contributed by atoms with E-state index in [1.165, 1.54) is 0 Å². The second kappa shape index (κ2) is 7.99. The molecule has 0 spiro atoms. The molecule has 0 aromatic rings. The fraction of sp³-hybridized carbons (Fsp3) is 1.00. The zero-order chi connectivity index (χ0) is 11.9. The van der Waals surface area contributed by atoms with Crippen molar-refractivity contribution in [2.75, 3.05) is 21.5 Å². The van der Waals surface area contributed by atoms with Gasteiger partial charge < -0.3 is 4.12 Å². The zero-order valence-corrected chi connectivity index (χ0v) is 15.0. The maximum Gasteiger partial charge on any atom is 0.198 e. The van der Waals surface area contributed by atoms with Crippen molar-refractivity contribution in [3.05, 3.63) is 0 Å². The monoisotopic (exact) mass is 318 g/mol. The van der Waals surface area contributed by atoms with Gasteiger partial charge in [-0.25, -0.2) is 0 Å². The van der Waals surface area contributed by atoms with Crippen molar-refractivity contribution in [1.82, 2.24) is 0 Å². The number of hydrogen-bond donors (Lipinski definition) is 4. The predicted octanol–water partition coefficient (Wildman–Crippen LogP) is 2.81. The van der Waals surface area contributed by atoms with E-state index in [2.05, 4.69) is 64.4 Å². The maximum atomic E-state index is 6.49. The molecule has 0 rings (SSSR count). The Bertz CT molecular complexity index is 139. The van der Waals surface area contributed by atoms with Crippen molar-refractivity contribution in [1.29, 1.82) is 0 Å². The third kappa shape index (κ3) is 4.52. The van der Waals surface area contributed by atoms with Gasteiger partial charge in [0.2, 0.25) is 0 Å². The van der Waals surface area contributed by atoms with Crippen LogP contribution in [0, 0.1) is 0 Å². The summed E-state index contributed by atoms with van der Waals surface area (Å²) in [5.74, 6) is 0. The first-order valence-corrected chi connectivity index (χ1v) is 12.8. The Morgan fingerprint density at radius 1 is 0.733 bits per heavy atom.